The molecule has 20 heavy (non-hydrogen) atoms. The molecule has 0 aliphatic heterocycles. The zero-order valence-electron chi connectivity index (χ0n) is 9.09. The van der Waals surface area contributed by atoms with E-state index in [0.29, 0.717) is 13.1 Å². The lowest BCUT2D eigenvalue weighted by Crippen LogP contribution is -2.08. The molecule has 0 aliphatic carbocycles. The Bertz CT molecular complexity index is 637. The molecule has 2 aromatic rings. The number of rotatable bonds is 2. The molecule has 0 amide bonds. The van der Waals surface area contributed by atoms with Crippen molar-refractivity contribution >= 4 is 59.1 Å². The molecular weight excluding hydrogens is 499 g/mol. The largest absolute Gasteiger partial charge is 0.203 e. The van der Waals surface area contributed by atoms with Gasteiger partial charge in [0.05, 0.1) is 8.61 Å². The molecule has 0 radical (unpaired) electrons. The average molecular weight is 501 g/mol. The number of benzene rings is 1. The Hall–Kier alpha value is 0.01000. The summed E-state index contributed by atoms with van der Waals surface area (Å²) in [4.78, 5) is -0.772. The van der Waals surface area contributed by atoms with Gasteiger partial charge in [-0.05, 0) is 37.9 Å². The average Bonchev–Trinajstić information content (AvgIpc) is 2.74. The maximum atomic E-state index is 13.7. The van der Waals surface area contributed by atoms with Crippen molar-refractivity contribution in [3.63, 3.8) is 0 Å². The summed E-state index contributed by atoms with van der Waals surface area (Å²) in [6, 6.07) is 1.52. The van der Waals surface area contributed by atoms with Crippen molar-refractivity contribution in [3.8, 4) is 0 Å². The number of hydrogen-bond donors (Lipinski definition) is 0. The second kappa shape index (κ2) is 6.02. The summed E-state index contributed by atoms with van der Waals surface area (Å²) >= 11 is 10.4. The van der Waals surface area contributed by atoms with E-state index in [0.717, 1.165) is 11.3 Å². The fourth-order valence-corrected chi connectivity index (χ4v) is 4.37. The highest BCUT2D eigenvalue weighted by molar-refractivity contribution is 9.13. The van der Waals surface area contributed by atoms with Gasteiger partial charge in [0.25, 0.3) is 0 Å². The Morgan fingerprint density at radius 3 is 1.70 bits per heavy atom. The van der Waals surface area contributed by atoms with Crippen LogP contribution in [0.2, 0.25) is 0 Å². The van der Waals surface area contributed by atoms with Crippen LogP contribution in [0.1, 0.15) is 15.3 Å². The molecule has 9 heteroatoms. The maximum Gasteiger partial charge on any atom is 0.200 e. The van der Waals surface area contributed by atoms with E-state index in [9.17, 15) is 22.0 Å². The van der Waals surface area contributed by atoms with Crippen LogP contribution in [0.25, 0.3) is 0 Å². The Morgan fingerprint density at radius 1 is 0.850 bits per heavy atom. The topological polar surface area (TPSA) is 0 Å². The molecule has 108 valence electrons. The van der Waals surface area contributed by atoms with E-state index in [4.69, 9.17) is 0 Å². The molecule has 0 bridgehead atoms. The predicted octanol–water partition coefficient (Wildman–Crippen LogP) is 6.45. The zero-order chi connectivity index (χ0) is 15.2. The summed E-state index contributed by atoms with van der Waals surface area (Å²) in [6.07, 6.45) is 0. The summed E-state index contributed by atoms with van der Waals surface area (Å²) in [7, 11) is 0. The lowest BCUT2D eigenvalue weighted by atomic mass is 10.1. The molecule has 0 aliphatic rings. The molecule has 0 nitrogen and oxygen atoms in total. The van der Waals surface area contributed by atoms with Gasteiger partial charge in [-0.15, -0.1) is 11.3 Å². The van der Waals surface area contributed by atoms with Crippen molar-refractivity contribution in [3.05, 3.63) is 53.9 Å². The fourth-order valence-electron chi connectivity index (χ4n) is 1.47. The van der Waals surface area contributed by atoms with E-state index in [2.05, 4.69) is 47.8 Å². The minimum absolute atomic E-state index is 0.381. The van der Waals surface area contributed by atoms with Crippen LogP contribution in [0, 0.1) is 29.1 Å². The van der Waals surface area contributed by atoms with E-state index in [1.165, 1.54) is 6.07 Å². The van der Waals surface area contributed by atoms with Crippen LogP contribution in [0.3, 0.4) is 0 Å². The van der Waals surface area contributed by atoms with Crippen molar-refractivity contribution in [1.82, 2.24) is 0 Å². The number of halogens is 8. The third kappa shape index (κ3) is 2.69. The van der Waals surface area contributed by atoms with Gasteiger partial charge in [0.1, 0.15) is 0 Å². The summed E-state index contributed by atoms with van der Waals surface area (Å²) < 4.78 is 67.9. The first-order valence-electron chi connectivity index (χ1n) is 4.85. The highest BCUT2D eigenvalue weighted by Crippen LogP contribution is 2.43. The molecule has 2 rings (SSSR count). The van der Waals surface area contributed by atoms with Crippen LogP contribution in [-0.2, 0) is 0 Å². The van der Waals surface area contributed by atoms with Crippen LogP contribution in [0.5, 0.6) is 0 Å². The van der Waals surface area contributed by atoms with Gasteiger partial charge in [0.15, 0.2) is 23.3 Å². The summed E-state index contributed by atoms with van der Waals surface area (Å²) in [6.45, 7) is 0. The van der Waals surface area contributed by atoms with E-state index < -0.39 is 39.5 Å². The second-order valence-corrected chi connectivity index (χ2v) is 7.79. The molecule has 1 unspecified atom stereocenters. The smallest absolute Gasteiger partial charge is 0.200 e. The first-order valence-corrected chi connectivity index (χ1v) is 8.17. The highest BCUT2D eigenvalue weighted by Gasteiger charge is 2.30. The third-order valence-corrected chi connectivity index (χ3v) is 6.99. The number of hydrogen-bond acceptors (Lipinski definition) is 1. The Kier molecular flexibility index (Phi) is 4.93. The first-order chi connectivity index (χ1) is 9.25. The van der Waals surface area contributed by atoms with E-state index in [1.807, 2.05) is 0 Å². The van der Waals surface area contributed by atoms with Gasteiger partial charge in [-0.3, -0.25) is 0 Å². The van der Waals surface area contributed by atoms with Crippen LogP contribution in [0.15, 0.2) is 14.3 Å². The van der Waals surface area contributed by atoms with Crippen molar-refractivity contribution < 1.29 is 22.0 Å². The van der Waals surface area contributed by atoms with Crippen LogP contribution in [-0.4, -0.2) is 0 Å². The lowest BCUT2D eigenvalue weighted by Gasteiger charge is -2.12. The lowest BCUT2D eigenvalue weighted by molar-refractivity contribution is 0.371. The van der Waals surface area contributed by atoms with E-state index in [-0.39, 0.29) is 0 Å². The SMILES string of the molecule is Fc1c(F)c(F)c(C(Br)c2cc(Br)c(Br)s2)c(F)c1F. The molecule has 0 spiro atoms. The van der Waals surface area contributed by atoms with E-state index >= 15 is 0 Å². The standard InChI is InChI=1S/C11H2Br3F5S/c12-2-1-3(20-11(2)14)5(13)4-6(15)8(17)10(19)9(18)7(4)16/h1,5H. The van der Waals surface area contributed by atoms with Gasteiger partial charge in [-0.1, -0.05) is 15.9 Å². The quantitative estimate of drug-likeness (QED) is 0.192. The zero-order valence-corrected chi connectivity index (χ0v) is 14.7. The predicted molar refractivity (Wildman–Crippen MR) is 76.7 cm³/mol. The number of thiophene rings is 1. The summed E-state index contributed by atoms with van der Waals surface area (Å²) in [5.41, 5.74) is -0.914. The Balaban J connectivity index is 2.63. The molecule has 0 fully saturated rings. The van der Waals surface area contributed by atoms with Crippen LogP contribution < -0.4 is 0 Å². The molecule has 0 saturated carbocycles. The normalized spacial score (nSPS) is 12.8. The molecule has 0 N–H and O–H groups in total. The van der Waals surface area contributed by atoms with Crippen molar-refractivity contribution in [2.45, 2.75) is 4.83 Å². The van der Waals surface area contributed by atoms with Gasteiger partial charge in [0.2, 0.25) is 5.82 Å². The monoisotopic (exact) mass is 498 g/mol. The maximum absolute atomic E-state index is 13.7. The van der Waals surface area contributed by atoms with Gasteiger partial charge >= 0.3 is 0 Å². The van der Waals surface area contributed by atoms with Gasteiger partial charge in [-0.25, -0.2) is 22.0 Å². The molecule has 1 atom stereocenters. The van der Waals surface area contributed by atoms with Gasteiger partial charge < -0.3 is 0 Å². The highest BCUT2D eigenvalue weighted by atomic mass is 79.9. The Morgan fingerprint density at radius 2 is 1.30 bits per heavy atom. The minimum atomic E-state index is -2.17. The van der Waals surface area contributed by atoms with Crippen LogP contribution >= 0.6 is 59.1 Å². The summed E-state index contributed by atoms with van der Waals surface area (Å²) in [5.74, 6) is -9.78. The molecular formula is C11H2Br3F5S. The third-order valence-electron chi connectivity index (χ3n) is 2.41. The minimum Gasteiger partial charge on any atom is -0.203 e. The fraction of sp³-hybridized carbons (Fsp3) is 0.0909. The number of alkyl halides is 1. The van der Waals surface area contributed by atoms with Gasteiger partial charge in [-0.2, -0.15) is 0 Å². The van der Waals surface area contributed by atoms with Crippen molar-refractivity contribution in [2.24, 2.45) is 0 Å². The van der Waals surface area contributed by atoms with Crippen LogP contribution in [0.4, 0.5) is 22.0 Å². The first kappa shape index (κ1) is 16.4. The second-order valence-electron chi connectivity index (χ2n) is 3.62. The molecule has 1 heterocycles. The van der Waals surface area contributed by atoms with Crippen molar-refractivity contribution in [2.75, 3.05) is 0 Å². The van der Waals surface area contributed by atoms with E-state index in [1.54, 1.807) is 0 Å². The molecule has 0 saturated heterocycles. The van der Waals surface area contributed by atoms with Crippen molar-refractivity contribution in [1.29, 1.82) is 0 Å². The molecule has 1 aromatic heterocycles. The summed E-state index contributed by atoms with van der Waals surface area (Å²) in [5, 5.41) is 0. The Labute approximate surface area is 139 Å². The molecule has 1 aromatic carbocycles. The van der Waals surface area contributed by atoms with Gasteiger partial charge in [0, 0.05) is 14.9 Å².